The van der Waals surface area contributed by atoms with Crippen molar-refractivity contribution in [2.24, 2.45) is 0 Å². The van der Waals surface area contributed by atoms with Gasteiger partial charge in [-0.2, -0.15) is 0 Å². The minimum atomic E-state index is -0.102. The van der Waals surface area contributed by atoms with Crippen LogP contribution < -0.4 is 0 Å². The molecule has 2 aliphatic rings. The van der Waals surface area contributed by atoms with Gasteiger partial charge in [-0.1, -0.05) is 0 Å². The van der Waals surface area contributed by atoms with E-state index in [4.69, 9.17) is 9.47 Å². The highest BCUT2D eigenvalue weighted by molar-refractivity contribution is 5.76. The highest BCUT2D eigenvalue weighted by atomic mass is 16.5. The van der Waals surface area contributed by atoms with Gasteiger partial charge < -0.3 is 9.47 Å². The number of hydrogen-bond donors (Lipinski definition) is 0. The lowest BCUT2D eigenvalue weighted by molar-refractivity contribution is -0.154. The van der Waals surface area contributed by atoms with Crippen LogP contribution >= 0.6 is 0 Å². The molecule has 80 valence electrons. The molecule has 0 amide bonds. The third kappa shape index (κ3) is 1.53. The summed E-state index contributed by atoms with van der Waals surface area (Å²) in [5.74, 6) is -0.102. The number of carbonyl (C=O) groups excluding carboxylic acids is 1. The van der Waals surface area contributed by atoms with Crippen LogP contribution in [0.4, 0.5) is 0 Å². The van der Waals surface area contributed by atoms with Crippen LogP contribution in [0.15, 0.2) is 0 Å². The summed E-state index contributed by atoms with van der Waals surface area (Å²) in [5.41, 5.74) is 0. The van der Waals surface area contributed by atoms with Gasteiger partial charge in [0.25, 0.3) is 0 Å². The summed E-state index contributed by atoms with van der Waals surface area (Å²) in [5, 5.41) is 0. The summed E-state index contributed by atoms with van der Waals surface area (Å²) in [6, 6.07) is 0.391. The maximum atomic E-state index is 11.4. The Morgan fingerprint density at radius 2 is 2.29 bits per heavy atom. The predicted molar refractivity (Wildman–Crippen MR) is 50.9 cm³/mol. The predicted octanol–water partition coefficient (Wildman–Crippen LogP) is 0.411. The van der Waals surface area contributed by atoms with Crippen LogP contribution in [0.2, 0.25) is 0 Å². The Morgan fingerprint density at radius 1 is 1.50 bits per heavy atom. The van der Waals surface area contributed by atoms with Gasteiger partial charge in [0.1, 0.15) is 6.04 Å². The number of ether oxygens (including phenoxy) is 2. The molecule has 2 fully saturated rings. The molecule has 2 heterocycles. The highest BCUT2D eigenvalue weighted by Crippen LogP contribution is 2.29. The number of carbonyl (C=O) groups is 1. The van der Waals surface area contributed by atoms with Crippen molar-refractivity contribution in [2.75, 3.05) is 20.3 Å². The second-order valence-corrected chi connectivity index (χ2v) is 4.00. The van der Waals surface area contributed by atoms with E-state index >= 15 is 0 Å². The van der Waals surface area contributed by atoms with Gasteiger partial charge in [0.05, 0.1) is 13.2 Å². The van der Waals surface area contributed by atoms with E-state index < -0.39 is 0 Å². The van der Waals surface area contributed by atoms with E-state index in [1.54, 1.807) is 0 Å². The van der Waals surface area contributed by atoms with Crippen molar-refractivity contribution < 1.29 is 14.3 Å². The molecule has 0 aromatic heterocycles. The zero-order valence-electron chi connectivity index (χ0n) is 8.73. The minimum absolute atomic E-state index is 0.0193. The molecule has 0 saturated carbocycles. The molecule has 0 aliphatic carbocycles. The number of esters is 1. The minimum Gasteiger partial charge on any atom is -0.468 e. The van der Waals surface area contributed by atoms with Gasteiger partial charge in [-0.3, -0.25) is 9.69 Å². The third-order valence-corrected chi connectivity index (χ3v) is 3.30. The molecule has 2 aliphatic heterocycles. The number of nitrogens with zero attached hydrogens (tertiary/aromatic N) is 1. The van der Waals surface area contributed by atoms with E-state index in [1.165, 1.54) is 7.11 Å². The van der Waals surface area contributed by atoms with Gasteiger partial charge in [0, 0.05) is 19.2 Å². The molecule has 0 spiro atoms. The molecule has 2 saturated heterocycles. The van der Waals surface area contributed by atoms with Crippen LogP contribution in [0.3, 0.4) is 0 Å². The standard InChI is InChI=1S/C10H17NO3/c1-7-8(4-6-14-7)11-5-3-9(11)10(12)13-2/h7-9H,3-6H2,1-2H3. The SMILES string of the molecule is COC(=O)C1CCN1C1CCOC1C. The van der Waals surface area contributed by atoms with Crippen LogP contribution in [0.25, 0.3) is 0 Å². The quantitative estimate of drug-likeness (QED) is 0.604. The molecule has 0 aromatic rings. The van der Waals surface area contributed by atoms with Crippen LogP contribution in [0.5, 0.6) is 0 Å². The van der Waals surface area contributed by atoms with Crippen LogP contribution in [-0.2, 0) is 14.3 Å². The Morgan fingerprint density at radius 3 is 2.71 bits per heavy atom. The normalized spacial score (nSPS) is 38.0. The van der Waals surface area contributed by atoms with Crippen molar-refractivity contribution in [1.82, 2.24) is 4.90 Å². The van der Waals surface area contributed by atoms with Gasteiger partial charge in [0.2, 0.25) is 0 Å². The third-order valence-electron chi connectivity index (χ3n) is 3.30. The van der Waals surface area contributed by atoms with E-state index in [9.17, 15) is 4.79 Å². The highest BCUT2D eigenvalue weighted by Gasteiger charge is 2.43. The van der Waals surface area contributed by atoms with Gasteiger partial charge in [-0.15, -0.1) is 0 Å². The van der Waals surface area contributed by atoms with Gasteiger partial charge in [0.15, 0.2) is 0 Å². The second-order valence-electron chi connectivity index (χ2n) is 4.00. The largest absolute Gasteiger partial charge is 0.468 e. The molecule has 0 radical (unpaired) electrons. The first-order valence-electron chi connectivity index (χ1n) is 5.19. The molecule has 3 atom stereocenters. The Hall–Kier alpha value is -0.610. The summed E-state index contributed by atoms with van der Waals surface area (Å²) in [6.45, 7) is 3.89. The van der Waals surface area contributed by atoms with Gasteiger partial charge >= 0.3 is 5.97 Å². The topological polar surface area (TPSA) is 38.8 Å². The lowest BCUT2D eigenvalue weighted by Gasteiger charge is -2.43. The fourth-order valence-corrected chi connectivity index (χ4v) is 2.35. The van der Waals surface area contributed by atoms with E-state index in [-0.39, 0.29) is 18.1 Å². The summed E-state index contributed by atoms with van der Waals surface area (Å²) in [6.07, 6.45) is 2.22. The zero-order valence-corrected chi connectivity index (χ0v) is 8.73. The smallest absolute Gasteiger partial charge is 0.323 e. The van der Waals surface area contributed by atoms with Crippen molar-refractivity contribution in [2.45, 2.75) is 38.0 Å². The summed E-state index contributed by atoms with van der Waals surface area (Å²) in [4.78, 5) is 13.6. The summed E-state index contributed by atoms with van der Waals surface area (Å²) >= 11 is 0. The zero-order chi connectivity index (χ0) is 10.1. The average molecular weight is 199 g/mol. The molecule has 0 aromatic carbocycles. The van der Waals surface area contributed by atoms with E-state index in [0.717, 1.165) is 26.0 Å². The van der Waals surface area contributed by atoms with Crippen molar-refractivity contribution in [3.05, 3.63) is 0 Å². The Balaban J connectivity index is 1.95. The van der Waals surface area contributed by atoms with Crippen LogP contribution in [-0.4, -0.2) is 49.3 Å². The van der Waals surface area contributed by atoms with Gasteiger partial charge in [-0.25, -0.2) is 0 Å². The lowest BCUT2D eigenvalue weighted by atomic mass is 9.97. The number of rotatable bonds is 2. The van der Waals surface area contributed by atoms with Crippen molar-refractivity contribution in [3.8, 4) is 0 Å². The monoisotopic (exact) mass is 199 g/mol. The first kappa shape index (κ1) is 9.93. The number of methoxy groups -OCH3 is 1. The number of hydrogen-bond acceptors (Lipinski definition) is 4. The fraction of sp³-hybridized carbons (Fsp3) is 0.900. The Kier molecular flexibility index (Phi) is 2.74. The molecule has 0 N–H and O–H groups in total. The second kappa shape index (κ2) is 3.87. The molecule has 4 heteroatoms. The Labute approximate surface area is 84.2 Å². The first-order valence-corrected chi connectivity index (χ1v) is 5.19. The molecular weight excluding hydrogens is 182 g/mol. The maximum absolute atomic E-state index is 11.4. The van der Waals surface area contributed by atoms with E-state index in [0.29, 0.717) is 6.04 Å². The molecule has 14 heavy (non-hydrogen) atoms. The maximum Gasteiger partial charge on any atom is 0.323 e. The van der Waals surface area contributed by atoms with Crippen LogP contribution in [0.1, 0.15) is 19.8 Å². The van der Waals surface area contributed by atoms with E-state index in [2.05, 4.69) is 11.8 Å². The molecule has 3 unspecified atom stereocenters. The number of likely N-dealkylation sites (tertiary alicyclic amines) is 1. The Bertz CT molecular complexity index is 231. The van der Waals surface area contributed by atoms with Crippen molar-refractivity contribution >= 4 is 5.97 Å². The summed E-state index contributed by atoms with van der Waals surface area (Å²) < 4.78 is 10.2. The van der Waals surface area contributed by atoms with Gasteiger partial charge in [-0.05, 0) is 19.8 Å². The lowest BCUT2D eigenvalue weighted by Crippen LogP contribution is -2.58. The molecular formula is C10H17NO3. The van der Waals surface area contributed by atoms with Crippen molar-refractivity contribution in [3.63, 3.8) is 0 Å². The summed E-state index contributed by atoms with van der Waals surface area (Å²) in [7, 11) is 1.45. The fourth-order valence-electron chi connectivity index (χ4n) is 2.35. The molecule has 4 nitrogen and oxygen atoms in total. The average Bonchev–Trinajstić information content (AvgIpc) is 2.50. The molecule has 2 rings (SSSR count). The first-order chi connectivity index (χ1) is 6.74. The van der Waals surface area contributed by atoms with Crippen LogP contribution in [0, 0.1) is 0 Å². The van der Waals surface area contributed by atoms with Crippen molar-refractivity contribution in [1.29, 1.82) is 0 Å². The molecule has 0 bridgehead atoms. The van der Waals surface area contributed by atoms with E-state index in [1.807, 2.05) is 0 Å².